The van der Waals surface area contributed by atoms with Gasteiger partial charge in [0.05, 0.1) is 0 Å². The van der Waals surface area contributed by atoms with Crippen LogP contribution in [-0.4, -0.2) is 8.07 Å². The van der Waals surface area contributed by atoms with Gasteiger partial charge in [-0.05, 0) is 8.07 Å². The number of allylic oxidation sites excluding steroid dienone is 1. The van der Waals surface area contributed by atoms with E-state index in [-0.39, 0.29) is 18.9 Å². The molecule has 64 valence electrons. The first-order valence-corrected chi connectivity index (χ1v) is 7.15. The summed E-state index contributed by atoms with van der Waals surface area (Å²) in [6, 6.07) is 0. The van der Waals surface area contributed by atoms with Crippen LogP contribution in [0, 0.1) is 6.08 Å². The Kier molecular flexibility index (Phi) is 6.36. The van der Waals surface area contributed by atoms with E-state index in [0.717, 1.165) is 0 Å². The first-order chi connectivity index (χ1) is 4.81. The summed E-state index contributed by atoms with van der Waals surface area (Å²) in [5.41, 5.74) is 5.31. The molecule has 0 radical (unpaired) electrons. The second-order valence-corrected chi connectivity index (χ2v) is 9.74. The van der Waals surface area contributed by atoms with E-state index >= 15 is 0 Å². The molecule has 0 aromatic heterocycles. The van der Waals surface area contributed by atoms with Crippen molar-refractivity contribution in [2.24, 2.45) is 0 Å². The number of rotatable bonds is 1. The Morgan fingerprint density at radius 2 is 1.67 bits per heavy atom. The summed E-state index contributed by atoms with van der Waals surface area (Å²) in [6.45, 7) is 13.5. The second-order valence-electron chi connectivity index (χ2n) is 4.51. The van der Waals surface area contributed by atoms with Crippen molar-refractivity contribution in [2.75, 3.05) is 0 Å². The van der Waals surface area contributed by atoms with E-state index in [0.29, 0.717) is 5.04 Å². The van der Waals surface area contributed by atoms with Crippen LogP contribution in [0.2, 0.25) is 18.1 Å². The average Bonchev–Trinajstić information content (AvgIpc) is 1.81. The summed E-state index contributed by atoms with van der Waals surface area (Å²) in [4.78, 5) is 0. The first kappa shape index (κ1) is 14.8. The molecule has 0 aromatic rings. The Labute approximate surface area is 90.3 Å². The molecule has 0 aliphatic rings. The molecule has 0 heterocycles. The van der Waals surface area contributed by atoms with E-state index in [1.165, 1.54) is 0 Å². The van der Waals surface area contributed by atoms with E-state index in [1.807, 2.05) is 6.92 Å². The molecule has 0 nitrogen and oxygen atoms in total. The maximum Gasteiger partial charge on any atom is 1.00 e. The largest absolute Gasteiger partial charge is 1.00 e. The Hall–Kier alpha value is 0.334. The van der Waals surface area contributed by atoms with Crippen molar-refractivity contribution in [1.82, 2.24) is 0 Å². The maximum absolute atomic E-state index is 3.08. The van der Waals surface area contributed by atoms with Crippen LogP contribution in [0.25, 0.3) is 0 Å². The molecular formula is C10H19LiSi. The van der Waals surface area contributed by atoms with Gasteiger partial charge in [0.1, 0.15) is 0 Å². The fourth-order valence-electron chi connectivity index (χ4n) is 0.469. The summed E-state index contributed by atoms with van der Waals surface area (Å²) >= 11 is 0. The standard InChI is InChI=1S/C10H19Si.Li/c1-7-8-9-11(5,6)10(2,3)4;/h9H,1-6H3;/q-1;+1. The van der Waals surface area contributed by atoms with Gasteiger partial charge in [0.2, 0.25) is 0 Å². The zero-order chi connectivity index (χ0) is 9.12. The molecule has 2 heteroatoms. The van der Waals surface area contributed by atoms with E-state index in [1.54, 1.807) is 0 Å². The molecule has 0 saturated carbocycles. The molecule has 0 spiro atoms. The van der Waals surface area contributed by atoms with E-state index < -0.39 is 8.07 Å². The third kappa shape index (κ3) is 4.38. The molecule has 0 amide bonds. The molecule has 12 heavy (non-hydrogen) atoms. The minimum atomic E-state index is -1.22. The van der Waals surface area contributed by atoms with Crippen molar-refractivity contribution < 1.29 is 18.9 Å². The SMILES string of the molecule is C[C-]=C=C[Si](C)(C)C(C)(C)C.[Li+]. The van der Waals surface area contributed by atoms with Gasteiger partial charge in [-0.3, -0.25) is 0 Å². The zero-order valence-corrected chi connectivity index (χ0v) is 10.6. The molecule has 0 unspecified atom stereocenters. The Morgan fingerprint density at radius 1 is 1.25 bits per heavy atom. The van der Waals surface area contributed by atoms with Crippen molar-refractivity contribution in [2.45, 2.75) is 45.8 Å². The van der Waals surface area contributed by atoms with Crippen molar-refractivity contribution >= 4 is 8.07 Å². The Morgan fingerprint density at radius 3 is 1.92 bits per heavy atom. The van der Waals surface area contributed by atoms with Crippen LogP contribution in [0.15, 0.2) is 11.4 Å². The summed E-state index contributed by atoms with van der Waals surface area (Å²) < 4.78 is 0. The third-order valence-corrected chi connectivity index (χ3v) is 7.24. The minimum absolute atomic E-state index is 0. The first-order valence-electron chi connectivity index (χ1n) is 4.08. The molecular weight excluding hydrogens is 155 g/mol. The topological polar surface area (TPSA) is 0 Å². The average molecular weight is 174 g/mol. The number of hydrogen-bond acceptors (Lipinski definition) is 0. The Bertz CT molecular complexity index is 181. The Balaban J connectivity index is 0. The molecule has 0 N–H and O–H groups in total. The van der Waals surface area contributed by atoms with Crippen molar-refractivity contribution in [3.05, 3.63) is 17.5 Å². The molecule has 0 atom stereocenters. The van der Waals surface area contributed by atoms with Crippen molar-refractivity contribution in [3.63, 3.8) is 0 Å². The van der Waals surface area contributed by atoms with Gasteiger partial charge in [-0.15, -0.1) is 6.92 Å². The van der Waals surface area contributed by atoms with Crippen molar-refractivity contribution in [3.8, 4) is 0 Å². The predicted octanol–water partition coefficient (Wildman–Crippen LogP) is 0.572. The molecule has 0 bridgehead atoms. The number of hydrogen-bond donors (Lipinski definition) is 0. The molecule has 0 saturated heterocycles. The second kappa shape index (κ2) is 5.15. The summed E-state index contributed by atoms with van der Waals surface area (Å²) in [5.74, 6) is 0. The van der Waals surface area contributed by atoms with Gasteiger partial charge in [0.25, 0.3) is 0 Å². The predicted molar refractivity (Wildman–Crippen MR) is 54.2 cm³/mol. The van der Waals surface area contributed by atoms with Gasteiger partial charge in [0.15, 0.2) is 0 Å². The zero-order valence-electron chi connectivity index (χ0n) is 9.58. The van der Waals surface area contributed by atoms with Gasteiger partial charge < -0.3 is 5.73 Å². The van der Waals surface area contributed by atoms with Crippen LogP contribution >= 0.6 is 0 Å². The minimum Gasteiger partial charge on any atom is -0.338 e. The molecule has 0 fully saturated rings. The van der Waals surface area contributed by atoms with Gasteiger partial charge in [0, 0.05) is 0 Å². The summed E-state index contributed by atoms with van der Waals surface area (Å²) in [5, 5.41) is 0.427. The van der Waals surface area contributed by atoms with Gasteiger partial charge in [-0.25, -0.2) is 6.08 Å². The van der Waals surface area contributed by atoms with Crippen LogP contribution in [0.1, 0.15) is 27.7 Å². The van der Waals surface area contributed by atoms with Gasteiger partial charge in [-0.1, -0.05) is 38.9 Å². The quantitative estimate of drug-likeness (QED) is 0.310. The molecule has 0 aromatic carbocycles. The van der Waals surface area contributed by atoms with E-state index in [9.17, 15) is 0 Å². The molecule has 0 aliphatic carbocycles. The van der Waals surface area contributed by atoms with Crippen LogP contribution < -0.4 is 18.9 Å². The fourth-order valence-corrected chi connectivity index (χ4v) is 1.41. The van der Waals surface area contributed by atoms with Gasteiger partial charge in [-0.2, -0.15) is 5.70 Å². The van der Waals surface area contributed by atoms with Crippen LogP contribution in [-0.2, 0) is 0 Å². The fraction of sp³-hybridized carbons (Fsp3) is 0.700. The van der Waals surface area contributed by atoms with Crippen LogP contribution in [0.3, 0.4) is 0 Å². The van der Waals surface area contributed by atoms with Crippen LogP contribution in [0.5, 0.6) is 0 Å². The maximum atomic E-state index is 3.08. The monoisotopic (exact) mass is 174 g/mol. The van der Waals surface area contributed by atoms with Crippen molar-refractivity contribution in [1.29, 1.82) is 0 Å². The van der Waals surface area contributed by atoms with Gasteiger partial charge >= 0.3 is 18.9 Å². The molecule has 0 rings (SSSR count). The normalized spacial score (nSPS) is 11.2. The molecule has 0 aliphatic heterocycles. The summed E-state index contributed by atoms with van der Waals surface area (Å²) in [6.07, 6.45) is 2.93. The van der Waals surface area contributed by atoms with E-state index in [4.69, 9.17) is 0 Å². The van der Waals surface area contributed by atoms with E-state index in [2.05, 4.69) is 51.4 Å². The van der Waals surface area contributed by atoms with Crippen LogP contribution in [0.4, 0.5) is 0 Å². The smallest absolute Gasteiger partial charge is 0.338 e. The third-order valence-electron chi connectivity index (χ3n) is 2.51. The summed E-state index contributed by atoms with van der Waals surface area (Å²) in [7, 11) is -1.22.